The van der Waals surface area contributed by atoms with Crippen molar-refractivity contribution in [1.82, 2.24) is 4.90 Å². The molecule has 1 heterocycles. The second kappa shape index (κ2) is 5.16. The summed E-state index contributed by atoms with van der Waals surface area (Å²) in [4.78, 5) is 25.4. The molecule has 1 fully saturated rings. The molecule has 0 aliphatic carbocycles. The molecule has 1 aliphatic rings. The van der Waals surface area contributed by atoms with Gasteiger partial charge >= 0.3 is 12.1 Å². The third kappa shape index (κ3) is 3.15. The molecule has 1 rings (SSSR count). The van der Waals surface area contributed by atoms with Crippen LogP contribution in [-0.4, -0.2) is 41.8 Å². The minimum atomic E-state index is -0.566. The van der Waals surface area contributed by atoms with Gasteiger partial charge in [0.1, 0.15) is 11.6 Å². The molecule has 1 saturated heterocycles. The molecule has 18 heavy (non-hydrogen) atoms. The van der Waals surface area contributed by atoms with Gasteiger partial charge in [0.2, 0.25) is 0 Å². The summed E-state index contributed by atoms with van der Waals surface area (Å²) in [6.45, 7) is 9.37. The first-order valence-electron chi connectivity index (χ1n) is 6.26. The molecule has 0 aromatic heterocycles. The number of methoxy groups -OCH3 is 1. The van der Waals surface area contributed by atoms with Crippen LogP contribution in [0.4, 0.5) is 4.79 Å². The lowest BCUT2D eigenvalue weighted by Crippen LogP contribution is -2.47. The van der Waals surface area contributed by atoms with Crippen molar-refractivity contribution in [3.8, 4) is 0 Å². The second-order valence-corrected chi connectivity index (χ2v) is 5.88. The third-order valence-corrected chi connectivity index (χ3v) is 3.27. The maximum Gasteiger partial charge on any atom is 0.411 e. The highest BCUT2D eigenvalue weighted by molar-refractivity contribution is 5.82. The van der Waals surface area contributed by atoms with E-state index in [1.165, 1.54) is 12.0 Å². The van der Waals surface area contributed by atoms with Gasteiger partial charge < -0.3 is 9.47 Å². The summed E-state index contributed by atoms with van der Waals surface area (Å²) in [5.41, 5.74) is -0.566. The number of ether oxygens (including phenoxy) is 2. The number of nitrogens with zero attached hydrogens (tertiary/aromatic N) is 1. The molecule has 0 spiro atoms. The van der Waals surface area contributed by atoms with Gasteiger partial charge in [0.25, 0.3) is 0 Å². The molecule has 0 N–H and O–H groups in total. The van der Waals surface area contributed by atoms with E-state index in [1.54, 1.807) is 0 Å². The Hall–Kier alpha value is -1.26. The molecule has 3 unspecified atom stereocenters. The molecule has 5 nitrogen and oxygen atoms in total. The van der Waals surface area contributed by atoms with Crippen molar-refractivity contribution in [3.05, 3.63) is 0 Å². The lowest BCUT2D eigenvalue weighted by atomic mass is 10.0. The van der Waals surface area contributed by atoms with E-state index in [0.29, 0.717) is 6.42 Å². The fourth-order valence-corrected chi connectivity index (χ4v) is 2.17. The Kier molecular flexibility index (Phi) is 4.24. The lowest BCUT2D eigenvalue weighted by Gasteiger charge is -2.30. The Bertz CT molecular complexity index is 334. The average molecular weight is 257 g/mol. The van der Waals surface area contributed by atoms with Crippen LogP contribution in [0.3, 0.4) is 0 Å². The van der Waals surface area contributed by atoms with Gasteiger partial charge in [-0.15, -0.1) is 0 Å². The van der Waals surface area contributed by atoms with Crippen LogP contribution in [0.5, 0.6) is 0 Å². The summed E-state index contributed by atoms with van der Waals surface area (Å²) in [6.07, 6.45) is 0.169. The molecule has 0 bridgehead atoms. The van der Waals surface area contributed by atoms with Crippen LogP contribution in [-0.2, 0) is 14.3 Å². The van der Waals surface area contributed by atoms with Gasteiger partial charge in [-0.25, -0.2) is 9.59 Å². The molecule has 104 valence electrons. The van der Waals surface area contributed by atoms with E-state index in [2.05, 4.69) is 0 Å². The average Bonchev–Trinajstić information content (AvgIpc) is 2.52. The Balaban J connectivity index is 2.88. The second-order valence-electron chi connectivity index (χ2n) is 5.88. The van der Waals surface area contributed by atoms with Crippen LogP contribution >= 0.6 is 0 Å². The predicted molar refractivity (Wildman–Crippen MR) is 67.1 cm³/mol. The number of rotatable bonds is 1. The molecule has 1 aliphatic heterocycles. The van der Waals surface area contributed by atoms with E-state index in [-0.39, 0.29) is 17.9 Å². The maximum atomic E-state index is 12.1. The molecule has 0 radical (unpaired) electrons. The van der Waals surface area contributed by atoms with Gasteiger partial charge in [-0.1, -0.05) is 6.92 Å². The first-order valence-corrected chi connectivity index (χ1v) is 6.26. The number of hydrogen-bond acceptors (Lipinski definition) is 4. The fourth-order valence-electron chi connectivity index (χ4n) is 2.17. The van der Waals surface area contributed by atoms with E-state index >= 15 is 0 Å². The van der Waals surface area contributed by atoms with Crippen molar-refractivity contribution < 1.29 is 19.1 Å². The summed E-state index contributed by atoms with van der Waals surface area (Å²) in [6, 6.07) is -0.557. The minimum absolute atomic E-state index is 0.0241. The zero-order valence-corrected chi connectivity index (χ0v) is 12.0. The van der Waals surface area contributed by atoms with Crippen LogP contribution in [0.2, 0.25) is 0 Å². The summed E-state index contributed by atoms with van der Waals surface area (Å²) in [5, 5.41) is 0. The lowest BCUT2D eigenvalue weighted by molar-refractivity contribution is -0.146. The molecule has 5 heteroatoms. The largest absolute Gasteiger partial charge is 0.467 e. The highest BCUT2D eigenvalue weighted by Gasteiger charge is 2.45. The standard InChI is InChI=1S/C13H23NO4/c1-8-7-10(11(15)17-6)14(9(8)2)12(16)18-13(3,4)5/h8-10H,7H2,1-6H3. The van der Waals surface area contributed by atoms with Crippen molar-refractivity contribution in [2.45, 2.75) is 58.7 Å². The van der Waals surface area contributed by atoms with Gasteiger partial charge in [-0.3, -0.25) is 4.90 Å². The first kappa shape index (κ1) is 14.8. The molecular formula is C13H23NO4. The van der Waals surface area contributed by atoms with Crippen LogP contribution in [0.25, 0.3) is 0 Å². The van der Waals surface area contributed by atoms with Crippen molar-refractivity contribution in [1.29, 1.82) is 0 Å². The van der Waals surface area contributed by atoms with Crippen molar-refractivity contribution >= 4 is 12.1 Å². The molecule has 3 atom stereocenters. The summed E-state index contributed by atoms with van der Waals surface area (Å²) >= 11 is 0. The number of esters is 1. The van der Waals surface area contributed by atoms with Crippen molar-refractivity contribution in [3.63, 3.8) is 0 Å². The highest BCUT2D eigenvalue weighted by atomic mass is 16.6. The van der Waals surface area contributed by atoms with Crippen molar-refractivity contribution in [2.24, 2.45) is 5.92 Å². The van der Waals surface area contributed by atoms with Gasteiger partial charge in [0.15, 0.2) is 0 Å². The van der Waals surface area contributed by atoms with E-state index in [4.69, 9.17) is 9.47 Å². The van der Waals surface area contributed by atoms with E-state index in [0.717, 1.165) is 0 Å². The van der Waals surface area contributed by atoms with Crippen LogP contribution in [0, 0.1) is 5.92 Å². The number of hydrogen-bond donors (Lipinski definition) is 0. The first-order chi connectivity index (χ1) is 8.17. The Morgan fingerprint density at radius 3 is 2.22 bits per heavy atom. The molecule has 0 aromatic carbocycles. The van der Waals surface area contributed by atoms with E-state index in [1.807, 2.05) is 34.6 Å². The topological polar surface area (TPSA) is 55.8 Å². The fraction of sp³-hybridized carbons (Fsp3) is 0.846. The monoisotopic (exact) mass is 257 g/mol. The number of likely N-dealkylation sites (tertiary alicyclic amines) is 1. The maximum absolute atomic E-state index is 12.1. The van der Waals surface area contributed by atoms with E-state index < -0.39 is 17.7 Å². The molecule has 1 amide bonds. The van der Waals surface area contributed by atoms with E-state index in [9.17, 15) is 9.59 Å². The Morgan fingerprint density at radius 1 is 1.22 bits per heavy atom. The number of carbonyl (C=O) groups is 2. The predicted octanol–water partition coefficient (Wildman–Crippen LogP) is 2.19. The summed E-state index contributed by atoms with van der Waals surface area (Å²) in [7, 11) is 1.34. The van der Waals surface area contributed by atoms with Gasteiger partial charge in [-0.05, 0) is 40.0 Å². The molecular weight excluding hydrogens is 234 g/mol. The van der Waals surface area contributed by atoms with Crippen LogP contribution in [0.1, 0.15) is 41.0 Å². The Morgan fingerprint density at radius 2 is 1.78 bits per heavy atom. The minimum Gasteiger partial charge on any atom is -0.467 e. The smallest absolute Gasteiger partial charge is 0.411 e. The van der Waals surface area contributed by atoms with Crippen LogP contribution in [0.15, 0.2) is 0 Å². The number of carbonyl (C=O) groups excluding carboxylic acids is 2. The molecule has 0 saturated carbocycles. The molecule has 0 aromatic rings. The SMILES string of the molecule is COC(=O)C1CC(C)C(C)N1C(=O)OC(C)(C)C. The summed E-state index contributed by atoms with van der Waals surface area (Å²) in [5.74, 6) is -0.126. The zero-order valence-electron chi connectivity index (χ0n) is 12.0. The normalized spacial score (nSPS) is 28.1. The quantitative estimate of drug-likeness (QED) is 0.676. The van der Waals surface area contributed by atoms with Gasteiger partial charge in [0, 0.05) is 6.04 Å². The number of amides is 1. The van der Waals surface area contributed by atoms with Gasteiger partial charge in [-0.2, -0.15) is 0 Å². The third-order valence-electron chi connectivity index (χ3n) is 3.27. The zero-order chi connectivity index (χ0) is 14.1. The van der Waals surface area contributed by atoms with Crippen molar-refractivity contribution in [2.75, 3.05) is 7.11 Å². The Labute approximate surface area is 108 Å². The van der Waals surface area contributed by atoms with Crippen LogP contribution < -0.4 is 0 Å². The summed E-state index contributed by atoms with van der Waals surface area (Å²) < 4.78 is 10.1. The highest BCUT2D eigenvalue weighted by Crippen LogP contribution is 2.31. The van der Waals surface area contributed by atoms with Gasteiger partial charge in [0.05, 0.1) is 7.11 Å².